The second kappa shape index (κ2) is 6.23. The van der Waals surface area contributed by atoms with E-state index in [4.69, 9.17) is 5.73 Å². The van der Waals surface area contributed by atoms with Crippen molar-refractivity contribution in [3.05, 3.63) is 47.5 Å². The molecular formula is C15H21N5. The SMILES string of the molecule is CCn1ccnc1CN=C(N)Nc1cc(C)cc(C)c1. The van der Waals surface area contributed by atoms with Crippen LogP contribution in [0.1, 0.15) is 23.9 Å². The second-order valence-corrected chi connectivity index (χ2v) is 4.83. The Balaban J connectivity index is 2.04. The van der Waals surface area contributed by atoms with Gasteiger partial charge in [0.25, 0.3) is 0 Å². The highest BCUT2D eigenvalue weighted by atomic mass is 15.1. The van der Waals surface area contributed by atoms with E-state index in [0.29, 0.717) is 12.5 Å². The van der Waals surface area contributed by atoms with Crippen molar-refractivity contribution in [1.82, 2.24) is 9.55 Å². The number of imidazole rings is 1. The first-order valence-electron chi connectivity index (χ1n) is 6.73. The topological polar surface area (TPSA) is 68.2 Å². The molecule has 0 aliphatic carbocycles. The van der Waals surface area contributed by atoms with E-state index < -0.39 is 0 Å². The van der Waals surface area contributed by atoms with Crippen LogP contribution in [0.3, 0.4) is 0 Å². The number of hydrogen-bond acceptors (Lipinski definition) is 2. The van der Waals surface area contributed by atoms with Crippen molar-refractivity contribution < 1.29 is 0 Å². The van der Waals surface area contributed by atoms with E-state index in [1.807, 2.05) is 22.9 Å². The quantitative estimate of drug-likeness (QED) is 0.663. The Morgan fingerprint density at radius 3 is 2.65 bits per heavy atom. The Morgan fingerprint density at radius 2 is 2.00 bits per heavy atom. The monoisotopic (exact) mass is 271 g/mol. The lowest BCUT2D eigenvalue weighted by molar-refractivity contribution is 0.699. The number of rotatable bonds is 4. The fourth-order valence-electron chi connectivity index (χ4n) is 2.17. The summed E-state index contributed by atoms with van der Waals surface area (Å²) in [5, 5.41) is 3.11. The molecule has 1 heterocycles. The Morgan fingerprint density at radius 1 is 1.30 bits per heavy atom. The van der Waals surface area contributed by atoms with E-state index in [-0.39, 0.29) is 0 Å². The molecule has 5 nitrogen and oxygen atoms in total. The van der Waals surface area contributed by atoms with Crippen LogP contribution in [0.25, 0.3) is 0 Å². The molecule has 0 saturated heterocycles. The number of anilines is 1. The van der Waals surface area contributed by atoms with Crippen LogP contribution in [-0.2, 0) is 13.1 Å². The maximum absolute atomic E-state index is 5.92. The van der Waals surface area contributed by atoms with Gasteiger partial charge in [0, 0.05) is 24.6 Å². The van der Waals surface area contributed by atoms with Crippen LogP contribution in [-0.4, -0.2) is 15.5 Å². The van der Waals surface area contributed by atoms with Crippen molar-refractivity contribution in [3.8, 4) is 0 Å². The Bertz CT molecular complexity index is 592. The average molecular weight is 271 g/mol. The van der Waals surface area contributed by atoms with Gasteiger partial charge in [-0.25, -0.2) is 9.98 Å². The van der Waals surface area contributed by atoms with Crippen molar-refractivity contribution in [3.63, 3.8) is 0 Å². The third-order valence-corrected chi connectivity index (χ3v) is 3.03. The van der Waals surface area contributed by atoms with Gasteiger partial charge in [-0.05, 0) is 44.0 Å². The number of nitrogens with zero attached hydrogens (tertiary/aromatic N) is 3. The van der Waals surface area contributed by atoms with Gasteiger partial charge in [0.15, 0.2) is 5.96 Å². The van der Waals surface area contributed by atoms with Crippen LogP contribution < -0.4 is 11.1 Å². The van der Waals surface area contributed by atoms with Crippen LogP contribution in [0.5, 0.6) is 0 Å². The predicted molar refractivity (Wildman–Crippen MR) is 82.8 cm³/mol. The largest absolute Gasteiger partial charge is 0.370 e. The summed E-state index contributed by atoms with van der Waals surface area (Å²) in [7, 11) is 0. The van der Waals surface area contributed by atoms with E-state index in [1.54, 1.807) is 6.20 Å². The van der Waals surface area contributed by atoms with Gasteiger partial charge in [0.1, 0.15) is 12.4 Å². The van der Waals surface area contributed by atoms with E-state index >= 15 is 0 Å². The van der Waals surface area contributed by atoms with Crippen molar-refractivity contribution in [1.29, 1.82) is 0 Å². The fourth-order valence-corrected chi connectivity index (χ4v) is 2.17. The molecule has 3 N–H and O–H groups in total. The third kappa shape index (κ3) is 3.60. The normalized spacial score (nSPS) is 11.7. The number of guanidine groups is 1. The number of aryl methyl sites for hydroxylation is 3. The molecule has 0 unspecified atom stereocenters. The summed E-state index contributed by atoms with van der Waals surface area (Å²) in [6, 6.07) is 6.21. The average Bonchev–Trinajstić information content (AvgIpc) is 2.82. The molecule has 20 heavy (non-hydrogen) atoms. The number of aliphatic imine (C=N–C) groups is 1. The molecule has 1 aromatic carbocycles. The van der Waals surface area contributed by atoms with Gasteiger partial charge in [0.05, 0.1) is 0 Å². The molecule has 1 aromatic heterocycles. The van der Waals surface area contributed by atoms with Crippen molar-refractivity contribution >= 4 is 11.6 Å². The molecule has 106 valence electrons. The number of nitrogens with one attached hydrogen (secondary N) is 1. The van der Waals surface area contributed by atoms with Crippen LogP contribution >= 0.6 is 0 Å². The lowest BCUT2D eigenvalue weighted by Gasteiger charge is -2.08. The van der Waals surface area contributed by atoms with E-state index in [0.717, 1.165) is 18.1 Å². The first-order valence-corrected chi connectivity index (χ1v) is 6.73. The first kappa shape index (κ1) is 14.1. The first-order chi connectivity index (χ1) is 9.58. The molecule has 0 bridgehead atoms. The number of hydrogen-bond donors (Lipinski definition) is 2. The third-order valence-electron chi connectivity index (χ3n) is 3.03. The lowest BCUT2D eigenvalue weighted by Crippen LogP contribution is -2.23. The summed E-state index contributed by atoms with van der Waals surface area (Å²) in [6.07, 6.45) is 3.72. The van der Waals surface area contributed by atoms with Gasteiger partial charge in [-0.3, -0.25) is 0 Å². The highest BCUT2D eigenvalue weighted by Crippen LogP contribution is 2.13. The summed E-state index contributed by atoms with van der Waals surface area (Å²) >= 11 is 0. The zero-order valence-corrected chi connectivity index (χ0v) is 12.2. The molecule has 0 aliphatic rings. The van der Waals surface area contributed by atoms with E-state index in [2.05, 4.69) is 42.1 Å². The van der Waals surface area contributed by atoms with Crippen molar-refractivity contribution in [2.24, 2.45) is 10.7 Å². The summed E-state index contributed by atoms with van der Waals surface area (Å²) in [5.41, 5.74) is 9.27. The van der Waals surface area contributed by atoms with E-state index in [9.17, 15) is 0 Å². The van der Waals surface area contributed by atoms with Crippen molar-refractivity contribution in [2.45, 2.75) is 33.9 Å². The second-order valence-electron chi connectivity index (χ2n) is 4.83. The molecule has 0 saturated carbocycles. The Kier molecular flexibility index (Phi) is 4.40. The summed E-state index contributed by atoms with van der Waals surface area (Å²) in [5.74, 6) is 1.32. The number of benzene rings is 1. The maximum atomic E-state index is 5.92. The molecule has 2 rings (SSSR count). The zero-order valence-electron chi connectivity index (χ0n) is 12.2. The summed E-state index contributed by atoms with van der Waals surface area (Å²) < 4.78 is 2.05. The molecular weight excluding hydrogens is 250 g/mol. The highest BCUT2D eigenvalue weighted by Gasteiger charge is 2.01. The molecule has 0 radical (unpaired) electrons. The van der Waals surface area contributed by atoms with Crippen LogP contribution in [0.15, 0.2) is 35.6 Å². The van der Waals surface area contributed by atoms with Gasteiger partial charge in [-0.15, -0.1) is 0 Å². The van der Waals surface area contributed by atoms with Crippen molar-refractivity contribution in [2.75, 3.05) is 5.32 Å². The highest BCUT2D eigenvalue weighted by molar-refractivity contribution is 5.92. The number of nitrogens with two attached hydrogens (primary N) is 1. The van der Waals surface area contributed by atoms with Crippen LogP contribution in [0.2, 0.25) is 0 Å². The number of aromatic nitrogens is 2. The van der Waals surface area contributed by atoms with Gasteiger partial charge in [-0.2, -0.15) is 0 Å². The maximum Gasteiger partial charge on any atom is 0.193 e. The molecule has 0 atom stereocenters. The minimum Gasteiger partial charge on any atom is -0.370 e. The molecule has 0 amide bonds. The molecule has 5 heteroatoms. The predicted octanol–water partition coefficient (Wildman–Crippen LogP) is 2.45. The minimum atomic E-state index is 0.403. The molecule has 2 aromatic rings. The minimum absolute atomic E-state index is 0.403. The molecule has 0 fully saturated rings. The van der Waals surface area contributed by atoms with Gasteiger partial charge < -0.3 is 15.6 Å². The van der Waals surface area contributed by atoms with Crippen LogP contribution in [0, 0.1) is 13.8 Å². The van der Waals surface area contributed by atoms with Gasteiger partial charge in [-0.1, -0.05) is 6.07 Å². The smallest absolute Gasteiger partial charge is 0.193 e. The zero-order chi connectivity index (χ0) is 14.5. The van der Waals surface area contributed by atoms with Crippen LogP contribution in [0.4, 0.5) is 5.69 Å². The van der Waals surface area contributed by atoms with E-state index in [1.165, 1.54) is 11.1 Å². The standard InChI is InChI=1S/C15H21N5/c1-4-20-6-5-17-14(20)10-18-15(16)19-13-8-11(2)7-12(3)9-13/h5-9H,4,10H2,1-3H3,(H3,16,18,19). The lowest BCUT2D eigenvalue weighted by atomic mass is 10.1. The van der Waals surface area contributed by atoms with Gasteiger partial charge in [0.2, 0.25) is 0 Å². The molecule has 0 aliphatic heterocycles. The molecule has 0 spiro atoms. The summed E-state index contributed by atoms with van der Waals surface area (Å²) in [6.45, 7) is 7.55. The fraction of sp³-hybridized carbons (Fsp3) is 0.333. The van der Waals surface area contributed by atoms with Gasteiger partial charge >= 0.3 is 0 Å². The Labute approximate surface area is 119 Å². The summed E-state index contributed by atoms with van der Waals surface area (Å²) in [4.78, 5) is 8.60. The Hall–Kier alpha value is -2.30.